The van der Waals surface area contributed by atoms with Gasteiger partial charge in [0, 0.05) is 39.6 Å². The number of piperidine rings is 1. The number of nitrogen functional groups attached to an aromatic ring is 1. The summed E-state index contributed by atoms with van der Waals surface area (Å²) in [6, 6.07) is 4.88. The Kier molecular flexibility index (Phi) is 7.89. The Bertz CT molecular complexity index is 1180. The molecule has 35 heavy (non-hydrogen) atoms. The van der Waals surface area contributed by atoms with Crippen LogP contribution in [0.4, 0.5) is 10.2 Å². The topological polar surface area (TPSA) is 78.0 Å². The summed E-state index contributed by atoms with van der Waals surface area (Å²) in [5, 5.41) is 8.61. The first-order valence-corrected chi connectivity index (χ1v) is 13.0. The summed E-state index contributed by atoms with van der Waals surface area (Å²) in [6.45, 7) is 6.76. The van der Waals surface area contributed by atoms with Crippen LogP contribution in [0, 0.1) is 5.82 Å². The molecule has 0 bridgehead atoms. The minimum atomic E-state index is -0.629. The van der Waals surface area contributed by atoms with Crippen molar-refractivity contribution >= 4 is 29.0 Å². The van der Waals surface area contributed by atoms with Crippen molar-refractivity contribution in [3.8, 4) is 16.9 Å². The van der Waals surface area contributed by atoms with E-state index in [1.165, 1.54) is 31.4 Å². The number of hydrogen-bond donors (Lipinski definition) is 2. The molecule has 1 saturated carbocycles. The standard InChI is InChI=1S/C24H26Cl2FN5O.C2H6/c1-14(21-18(25)3-4-19(27)22(21)26)33-20-9-15(11-29-23(20)28)16-12-31-32(13-16)17-5-8-30-24(10-17)6-2-7-24;1-2/h3-4,9,11-14,17,30H,2,5-8,10H2,1H3,(H2,28,29);1-2H3. The van der Waals surface area contributed by atoms with E-state index in [2.05, 4.69) is 26.3 Å². The Balaban J connectivity index is 0.00000141. The monoisotopic (exact) mass is 519 g/mol. The highest BCUT2D eigenvalue weighted by molar-refractivity contribution is 6.36. The first-order chi connectivity index (χ1) is 16.8. The minimum absolute atomic E-state index is 0.0647. The zero-order valence-corrected chi connectivity index (χ0v) is 21.8. The minimum Gasteiger partial charge on any atom is -0.482 e. The van der Waals surface area contributed by atoms with Gasteiger partial charge in [-0.3, -0.25) is 4.68 Å². The third-order valence-electron chi connectivity index (χ3n) is 6.90. The highest BCUT2D eigenvalue weighted by atomic mass is 35.5. The van der Waals surface area contributed by atoms with E-state index in [9.17, 15) is 4.39 Å². The zero-order valence-electron chi connectivity index (χ0n) is 20.3. The van der Waals surface area contributed by atoms with Gasteiger partial charge in [-0.1, -0.05) is 37.0 Å². The van der Waals surface area contributed by atoms with E-state index in [0.29, 0.717) is 27.9 Å². The number of pyridine rings is 1. The predicted octanol–water partition coefficient (Wildman–Crippen LogP) is 6.99. The van der Waals surface area contributed by atoms with Crippen molar-refractivity contribution in [3.05, 3.63) is 58.2 Å². The van der Waals surface area contributed by atoms with Crippen LogP contribution in [0.15, 0.2) is 36.8 Å². The Morgan fingerprint density at radius 1 is 1.23 bits per heavy atom. The molecule has 9 heteroatoms. The molecule has 0 radical (unpaired) electrons. The van der Waals surface area contributed by atoms with Crippen LogP contribution in [0.2, 0.25) is 10.0 Å². The van der Waals surface area contributed by atoms with Gasteiger partial charge in [-0.05, 0) is 63.8 Å². The molecule has 2 unspecified atom stereocenters. The average Bonchev–Trinajstić information content (AvgIpc) is 3.34. The quantitative estimate of drug-likeness (QED) is 0.355. The first kappa shape index (κ1) is 25.7. The fourth-order valence-electron chi connectivity index (χ4n) is 4.90. The number of benzene rings is 1. The van der Waals surface area contributed by atoms with Crippen LogP contribution in [-0.4, -0.2) is 26.8 Å². The second kappa shape index (κ2) is 10.7. The second-order valence-corrected chi connectivity index (χ2v) is 9.83. The fourth-order valence-corrected chi connectivity index (χ4v) is 5.58. The number of ether oxygens (including phenoxy) is 1. The molecular weight excluding hydrogens is 488 g/mol. The van der Waals surface area contributed by atoms with Gasteiger partial charge in [-0.25, -0.2) is 9.37 Å². The second-order valence-electron chi connectivity index (χ2n) is 9.04. The molecule has 1 saturated heterocycles. The van der Waals surface area contributed by atoms with E-state index in [1.807, 2.05) is 26.1 Å². The molecule has 0 amide bonds. The van der Waals surface area contributed by atoms with Gasteiger partial charge in [-0.15, -0.1) is 0 Å². The number of aromatic nitrogens is 3. The van der Waals surface area contributed by atoms with E-state index in [4.69, 9.17) is 33.7 Å². The van der Waals surface area contributed by atoms with Crippen molar-refractivity contribution in [2.75, 3.05) is 12.3 Å². The first-order valence-electron chi connectivity index (χ1n) is 12.2. The Morgan fingerprint density at radius 3 is 2.71 bits per heavy atom. The van der Waals surface area contributed by atoms with E-state index in [1.54, 1.807) is 13.1 Å². The Labute approximate surface area is 216 Å². The smallest absolute Gasteiger partial charge is 0.166 e. The molecular formula is C26H32Cl2FN5O. The number of nitrogens with zero attached hydrogens (tertiary/aromatic N) is 3. The normalized spacial score (nSPS) is 19.4. The molecule has 1 spiro atoms. The molecule has 2 fully saturated rings. The summed E-state index contributed by atoms with van der Waals surface area (Å²) in [5.74, 6) is 0.0479. The van der Waals surface area contributed by atoms with Crippen LogP contribution in [0.25, 0.3) is 11.1 Å². The van der Waals surface area contributed by atoms with Gasteiger partial charge >= 0.3 is 0 Å². The maximum Gasteiger partial charge on any atom is 0.166 e. The predicted molar refractivity (Wildman–Crippen MR) is 140 cm³/mol. The molecule has 188 valence electrons. The van der Waals surface area contributed by atoms with Crippen LogP contribution in [0.5, 0.6) is 5.75 Å². The summed E-state index contributed by atoms with van der Waals surface area (Å²) in [6.07, 6.45) is 10.9. The number of nitrogens with one attached hydrogen (secondary N) is 1. The van der Waals surface area contributed by atoms with E-state index in [0.717, 1.165) is 30.5 Å². The molecule has 6 nitrogen and oxygen atoms in total. The lowest BCUT2D eigenvalue weighted by molar-refractivity contribution is 0.105. The highest BCUT2D eigenvalue weighted by Crippen LogP contribution is 2.42. The third-order valence-corrected chi connectivity index (χ3v) is 7.61. The summed E-state index contributed by atoms with van der Waals surface area (Å²) in [7, 11) is 0. The van der Waals surface area contributed by atoms with Crippen molar-refractivity contribution in [1.29, 1.82) is 0 Å². The molecule has 1 aliphatic heterocycles. The number of anilines is 1. The molecule has 3 aromatic rings. The summed E-state index contributed by atoms with van der Waals surface area (Å²) >= 11 is 12.4. The van der Waals surface area contributed by atoms with Gasteiger partial charge in [-0.2, -0.15) is 5.10 Å². The lowest BCUT2D eigenvalue weighted by Crippen LogP contribution is -2.55. The van der Waals surface area contributed by atoms with Crippen LogP contribution in [0.3, 0.4) is 0 Å². The molecule has 5 rings (SSSR count). The van der Waals surface area contributed by atoms with E-state index >= 15 is 0 Å². The number of hydrogen-bond acceptors (Lipinski definition) is 5. The maximum atomic E-state index is 14.0. The van der Waals surface area contributed by atoms with Crippen molar-refractivity contribution in [2.24, 2.45) is 0 Å². The van der Waals surface area contributed by atoms with Crippen molar-refractivity contribution in [3.63, 3.8) is 0 Å². The maximum absolute atomic E-state index is 14.0. The van der Waals surface area contributed by atoms with Crippen molar-refractivity contribution in [1.82, 2.24) is 20.1 Å². The van der Waals surface area contributed by atoms with E-state index < -0.39 is 11.9 Å². The zero-order chi connectivity index (χ0) is 25.2. The molecule has 2 aromatic heterocycles. The molecule has 2 atom stereocenters. The Morgan fingerprint density at radius 2 is 2.00 bits per heavy atom. The van der Waals surface area contributed by atoms with Crippen LogP contribution in [-0.2, 0) is 0 Å². The molecule has 1 aliphatic carbocycles. The van der Waals surface area contributed by atoms with Crippen LogP contribution < -0.4 is 15.8 Å². The van der Waals surface area contributed by atoms with Gasteiger partial charge in [0.25, 0.3) is 0 Å². The van der Waals surface area contributed by atoms with Gasteiger partial charge < -0.3 is 15.8 Å². The van der Waals surface area contributed by atoms with Gasteiger partial charge in [0.15, 0.2) is 11.6 Å². The Hall–Kier alpha value is -2.35. The lowest BCUT2D eigenvalue weighted by atomic mass is 9.70. The number of halogens is 3. The lowest BCUT2D eigenvalue weighted by Gasteiger charge is -2.48. The molecule has 2 aliphatic rings. The van der Waals surface area contributed by atoms with Gasteiger partial charge in [0.05, 0.1) is 17.3 Å². The number of nitrogens with two attached hydrogens (primary N) is 1. The molecule has 1 aromatic carbocycles. The summed E-state index contributed by atoms with van der Waals surface area (Å²) in [4.78, 5) is 4.30. The highest BCUT2D eigenvalue weighted by Gasteiger charge is 2.41. The van der Waals surface area contributed by atoms with Crippen LogP contribution >= 0.6 is 23.2 Å². The number of rotatable bonds is 5. The third kappa shape index (κ3) is 5.27. The largest absolute Gasteiger partial charge is 0.482 e. The SMILES string of the molecule is CC.CC(Oc1cc(-c2cnn(C3CCNC4(CCC4)C3)c2)cnc1N)c1c(Cl)ccc(F)c1Cl. The van der Waals surface area contributed by atoms with Crippen LogP contribution in [0.1, 0.15) is 70.6 Å². The average molecular weight is 520 g/mol. The van der Waals surface area contributed by atoms with Crippen molar-refractivity contribution < 1.29 is 9.13 Å². The molecule has 3 heterocycles. The fraction of sp³-hybridized carbons (Fsp3) is 0.462. The molecule has 3 N–H and O–H groups in total. The van der Waals surface area contributed by atoms with Gasteiger partial charge in [0.2, 0.25) is 0 Å². The summed E-state index contributed by atoms with van der Waals surface area (Å²) in [5.41, 5.74) is 8.51. The summed E-state index contributed by atoms with van der Waals surface area (Å²) < 4.78 is 22.1. The van der Waals surface area contributed by atoms with Gasteiger partial charge in [0.1, 0.15) is 11.9 Å². The van der Waals surface area contributed by atoms with Crippen molar-refractivity contribution in [2.45, 2.75) is 70.6 Å². The van der Waals surface area contributed by atoms with E-state index in [-0.39, 0.29) is 10.8 Å².